The Morgan fingerprint density at radius 3 is 2.93 bits per heavy atom. The minimum atomic E-state index is 0.605. The van der Waals surface area contributed by atoms with Gasteiger partial charge in [0, 0.05) is 17.0 Å². The number of aromatic nitrogens is 1. The molecule has 0 unspecified atom stereocenters. The van der Waals surface area contributed by atoms with E-state index in [9.17, 15) is 0 Å². The summed E-state index contributed by atoms with van der Waals surface area (Å²) in [5.74, 6) is 1.22. The first kappa shape index (κ1) is 9.15. The van der Waals surface area contributed by atoms with Crippen LogP contribution in [0.2, 0.25) is 0 Å². The van der Waals surface area contributed by atoms with Crippen LogP contribution in [0.5, 0.6) is 0 Å². The minimum Gasteiger partial charge on any atom is -0.445 e. The van der Waals surface area contributed by atoms with Crippen molar-refractivity contribution in [1.29, 1.82) is 0 Å². The predicted molar refractivity (Wildman–Crippen MR) is 59.0 cm³/mol. The Morgan fingerprint density at radius 2 is 2.29 bits per heavy atom. The molecule has 0 saturated carbocycles. The third-order valence-corrected chi connectivity index (χ3v) is 2.33. The lowest BCUT2D eigenvalue weighted by atomic mass is 10.1. The van der Waals surface area contributed by atoms with Crippen molar-refractivity contribution in [2.24, 2.45) is 0 Å². The highest BCUT2D eigenvalue weighted by Gasteiger charge is 2.04. The number of anilines is 1. The molecule has 0 saturated heterocycles. The van der Waals surface area contributed by atoms with Crippen molar-refractivity contribution in [3.05, 3.63) is 36.2 Å². The number of thiol groups is 1. The molecular weight excluding hydrogens is 196 g/mol. The molecule has 0 spiro atoms. The highest BCUT2D eigenvalue weighted by molar-refractivity contribution is 7.79. The van der Waals surface area contributed by atoms with E-state index in [4.69, 9.17) is 10.2 Å². The Hall–Kier alpha value is -1.42. The summed E-state index contributed by atoms with van der Waals surface area (Å²) in [7, 11) is 0. The molecule has 0 radical (unpaired) electrons. The van der Waals surface area contributed by atoms with Gasteiger partial charge in [-0.05, 0) is 23.8 Å². The van der Waals surface area contributed by atoms with Crippen molar-refractivity contribution in [1.82, 2.24) is 4.98 Å². The van der Waals surface area contributed by atoms with Gasteiger partial charge >= 0.3 is 0 Å². The van der Waals surface area contributed by atoms with Crippen LogP contribution in [-0.2, 0) is 5.75 Å². The number of nitrogens with zero attached hydrogens (tertiary/aromatic N) is 1. The number of oxazole rings is 1. The average Bonchev–Trinajstić information content (AvgIpc) is 2.71. The first-order valence-electron chi connectivity index (χ1n) is 4.20. The van der Waals surface area contributed by atoms with Gasteiger partial charge in [-0.2, -0.15) is 12.6 Å². The normalized spacial score (nSPS) is 10.4. The van der Waals surface area contributed by atoms with Crippen molar-refractivity contribution in [3.63, 3.8) is 0 Å². The standard InChI is InChI=1S/C10H10N2OS/c11-9-2-1-7(5-8(9)6-14)10-12-3-4-13-10/h1-5,14H,6,11H2. The third-order valence-electron chi connectivity index (χ3n) is 1.99. The second-order valence-corrected chi connectivity index (χ2v) is 3.23. The van der Waals surface area contributed by atoms with Crippen LogP contribution in [0, 0.1) is 0 Å². The van der Waals surface area contributed by atoms with Gasteiger partial charge in [0.2, 0.25) is 5.89 Å². The molecule has 3 nitrogen and oxygen atoms in total. The summed E-state index contributed by atoms with van der Waals surface area (Å²) in [6, 6.07) is 5.66. The van der Waals surface area contributed by atoms with Crippen LogP contribution in [0.1, 0.15) is 5.56 Å². The summed E-state index contributed by atoms with van der Waals surface area (Å²) in [4.78, 5) is 4.06. The summed E-state index contributed by atoms with van der Waals surface area (Å²) >= 11 is 4.19. The van der Waals surface area contributed by atoms with Crippen molar-refractivity contribution < 1.29 is 4.42 Å². The second-order valence-electron chi connectivity index (χ2n) is 2.91. The first-order chi connectivity index (χ1) is 6.81. The second kappa shape index (κ2) is 3.75. The fourth-order valence-corrected chi connectivity index (χ4v) is 1.52. The van der Waals surface area contributed by atoms with Crippen LogP contribution in [-0.4, -0.2) is 4.98 Å². The lowest BCUT2D eigenvalue weighted by Gasteiger charge is -2.03. The van der Waals surface area contributed by atoms with Crippen molar-refractivity contribution >= 4 is 18.3 Å². The molecule has 0 amide bonds. The summed E-state index contributed by atoms with van der Waals surface area (Å²) in [6.45, 7) is 0. The zero-order chi connectivity index (χ0) is 9.97. The molecule has 0 aliphatic rings. The zero-order valence-corrected chi connectivity index (χ0v) is 8.37. The average molecular weight is 206 g/mol. The van der Waals surface area contributed by atoms with E-state index >= 15 is 0 Å². The summed E-state index contributed by atoms with van der Waals surface area (Å²) in [6.07, 6.45) is 3.16. The topological polar surface area (TPSA) is 52.0 Å². The maximum absolute atomic E-state index is 5.75. The van der Waals surface area contributed by atoms with Gasteiger partial charge < -0.3 is 10.2 Å². The molecule has 0 aliphatic carbocycles. The Labute approximate surface area is 87.4 Å². The molecular formula is C10H10N2OS. The van der Waals surface area contributed by atoms with Gasteiger partial charge in [-0.1, -0.05) is 0 Å². The molecule has 72 valence electrons. The van der Waals surface area contributed by atoms with Crippen LogP contribution < -0.4 is 5.73 Å². The Morgan fingerprint density at radius 1 is 1.43 bits per heavy atom. The van der Waals surface area contributed by atoms with Crippen molar-refractivity contribution in [2.45, 2.75) is 5.75 Å². The van der Waals surface area contributed by atoms with Crippen LogP contribution in [0.15, 0.2) is 35.1 Å². The highest BCUT2D eigenvalue weighted by Crippen LogP contribution is 2.23. The summed E-state index contributed by atoms with van der Waals surface area (Å²) < 4.78 is 5.18. The van der Waals surface area contributed by atoms with Gasteiger partial charge in [0.1, 0.15) is 6.26 Å². The number of nitrogens with two attached hydrogens (primary N) is 1. The molecule has 0 fully saturated rings. The summed E-state index contributed by atoms with van der Waals surface area (Å²) in [5.41, 5.74) is 8.41. The molecule has 2 rings (SSSR count). The maximum atomic E-state index is 5.75. The van der Waals surface area contributed by atoms with E-state index in [2.05, 4.69) is 17.6 Å². The molecule has 4 heteroatoms. The molecule has 0 aliphatic heterocycles. The van der Waals surface area contributed by atoms with E-state index < -0.39 is 0 Å². The van der Waals surface area contributed by atoms with E-state index in [1.807, 2.05) is 18.2 Å². The number of rotatable bonds is 2. The number of nitrogen functional groups attached to an aromatic ring is 1. The maximum Gasteiger partial charge on any atom is 0.225 e. The summed E-state index contributed by atoms with van der Waals surface area (Å²) in [5, 5.41) is 0. The molecule has 0 bridgehead atoms. The fourth-order valence-electron chi connectivity index (χ4n) is 1.24. The molecule has 2 aromatic rings. The number of hydrogen-bond donors (Lipinski definition) is 2. The van der Waals surface area contributed by atoms with E-state index in [1.165, 1.54) is 0 Å². The van der Waals surface area contributed by atoms with Crippen LogP contribution in [0.25, 0.3) is 11.5 Å². The van der Waals surface area contributed by atoms with E-state index in [-0.39, 0.29) is 0 Å². The quantitative estimate of drug-likeness (QED) is 0.585. The van der Waals surface area contributed by atoms with Crippen LogP contribution in [0.4, 0.5) is 5.69 Å². The SMILES string of the molecule is Nc1ccc(-c2ncco2)cc1CS. The first-order valence-corrected chi connectivity index (χ1v) is 4.83. The van der Waals surface area contributed by atoms with Gasteiger partial charge in [-0.15, -0.1) is 0 Å². The monoisotopic (exact) mass is 206 g/mol. The van der Waals surface area contributed by atoms with Gasteiger partial charge in [0.05, 0.1) is 6.20 Å². The van der Waals surface area contributed by atoms with Crippen LogP contribution in [0.3, 0.4) is 0 Å². The zero-order valence-electron chi connectivity index (χ0n) is 7.47. The van der Waals surface area contributed by atoms with E-state index in [0.717, 1.165) is 16.8 Å². The Balaban J connectivity index is 2.46. The lowest BCUT2D eigenvalue weighted by Crippen LogP contribution is -1.92. The molecule has 2 N–H and O–H groups in total. The Bertz CT molecular complexity index is 426. The minimum absolute atomic E-state index is 0.605. The van der Waals surface area contributed by atoms with Gasteiger partial charge in [0.25, 0.3) is 0 Å². The Kier molecular flexibility index (Phi) is 2.45. The fraction of sp³-hybridized carbons (Fsp3) is 0.100. The predicted octanol–water partition coefficient (Wildman–Crippen LogP) is 2.35. The number of hydrogen-bond acceptors (Lipinski definition) is 4. The largest absolute Gasteiger partial charge is 0.445 e. The number of benzene rings is 1. The van der Waals surface area contributed by atoms with E-state index in [0.29, 0.717) is 11.6 Å². The van der Waals surface area contributed by atoms with Crippen LogP contribution >= 0.6 is 12.6 Å². The molecule has 14 heavy (non-hydrogen) atoms. The van der Waals surface area contributed by atoms with Crippen molar-refractivity contribution in [3.8, 4) is 11.5 Å². The molecule has 1 heterocycles. The molecule has 1 aromatic heterocycles. The van der Waals surface area contributed by atoms with E-state index in [1.54, 1.807) is 12.5 Å². The van der Waals surface area contributed by atoms with Crippen molar-refractivity contribution in [2.75, 3.05) is 5.73 Å². The molecule has 1 aromatic carbocycles. The van der Waals surface area contributed by atoms with Gasteiger partial charge in [-0.3, -0.25) is 0 Å². The highest BCUT2D eigenvalue weighted by atomic mass is 32.1. The molecule has 0 atom stereocenters. The smallest absolute Gasteiger partial charge is 0.225 e. The van der Waals surface area contributed by atoms with Gasteiger partial charge in [0.15, 0.2) is 0 Å². The lowest BCUT2D eigenvalue weighted by molar-refractivity contribution is 0.574. The van der Waals surface area contributed by atoms with Gasteiger partial charge in [-0.25, -0.2) is 4.98 Å². The third kappa shape index (κ3) is 1.61.